The lowest BCUT2D eigenvalue weighted by atomic mass is 10.2. The monoisotopic (exact) mass is 174 g/mol. The Labute approximate surface area is 77.3 Å². The molecule has 0 radical (unpaired) electrons. The van der Waals surface area contributed by atoms with Gasteiger partial charge in [0.25, 0.3) is 0 Å². The summed E-state index contributed by atoms with van der Waals surface area (Å²) in [6.07, 6.45) is 4.72. The van der Waals surface area contributed by atoms with Crippen LogP contribution in [0.2, 0.25) is 0 Å². The molecule has 1 rings (SSSR count). The summed E-state index contributed by atoms with van der Waals surface area (Å²) in [6.45, 7) is 2.42. The summed E-state index contributed by atoms with van der Waals surface area (Å²) < 4.78 is 5.27. The van der Waals surface area contributed by atoms with Crippen LogP contribution in [0.25, 0.3) is 5.76 Å². The number of nitrogens with zero attached hydrogens (tertiary/aromatic N) is 2. The van der Waals surface area contributed by atoms with Gasteiger partial charge in [0.2, 0.25) is 0 Å². The molecule has 0 atom stereocenters. The second-order valence-electron chi connectivity index (χ2n) is 2.31. The zero-order valence-corrected chi connectivity index (χ0v) is 7.40. The van der Waals surface area contributed by atoms with Crippen molar-refractivity contribution in [3.8, 4) is 6.07 Å². The second-order valence-corrected chi connectivity index (χ2v) is 2.31. The predicted molar refractivity (Wildman–Crippen MR) is 49.5 cm³/mol. The Bertz CT molecular complexity index is 325. The van der Waals surface area contributed by atoms with Crippen LogP contribution in [0.5, 0.6) is 0 Å². The van der Waals surface area contributed by atoms with E-state index >= 15 is 0 Å². The molecule has 0 spiro atoms. The lowest BCUT2D eigenvalue weighted by Gasteiger charge is -2.05. The zero-order valence-electron chi connectivity index (χ0n) is 7.40. The largest absolute Gasteiger partial charge is 0.492 e. The van der Waals surface area contributed by atoms with E-state index < -0.39 is 0 Å². The number of allylic oxidation sites excluding steroid dienone is 1. The van der Waals surface area contributed by atoms with E-state index in [-0.39, 0.29) is 0 Å². The summed E-state index contributed by atoms with van der Waals surface area (Å²) in [5, 5.41) is 8.50. The SMILES string of the molecule is CCO/C(=C/C#N)c1cccnc1. The Hall–Kier alpha value is -1.82. The molecular weight excluding hydrogens is 164 g/mol. The molecule has 1 heterocycles. The number of aromatic nitrogens is 1. The highest BCUT2D eigenvalue weighted by Crippen LogP contribution is 2.13. The molecule has 0 aliphatic carbocycles. The van der Waals surface area contributed by atoms with Gasteiger partial charge in [0.15, 0.2) is 0 Å². The van der Waals surface area contributed by atoms with E-state index in [1.165, 1.54) is 6.08 Å². The summed E-state index contributed by atoms with van der Waals surface area (Å²) in [4.78, 5) is 3.94. The molecule has 1 aromatic rings. The molecular formula is C10H10N2O. The van der Waals surface area contributed by atoms with Crippen LogP contribution in [0.15, 0.2) is 30.6 Å². The third kappa shape index (κ3) is 2.60. The average molecular weight is 174 g/mol. The van der Waals surface area contributed by atoms with Crippen LogP contribution in [-0.4, -0.2) is 11.6 Å². The standard InChI is InChI=1S/C10H10N2O/c1-2-13-10(5-6-11)9-4-3-7-12-8-9/h3-5,7-8H,2H2,1H3/b10-5+. The molecule has 0 unspecified atom stereocenters. The molecule has 3 heteroatoms. The van der Waals surface area contributed by atoms with Crippen molar-refractivity contribution in [2.75, 3.05) is 6.61 Å². The first kappa shape index (κ1) is 9.27. The van der Waals surface area contributed by atoms with Crippen LogP contribution in [-0.2, 0) is 4.74 Å². The Kier molecular flexibility index (Phi) is 3.52. The quantitative estimate of drug-likeness (QED) is 0.520. The van der Waals surface area contributed by atoms with Gasteiger partial charge in [-0.15, -0.1) is 0 Å². The Morgan fingerprint density at radius 1 is 1.77 bits per heavy atom. The number of hydrogen-bond acceptors (Lipinski definition) is 3. The van der Waals surface area contributed by atoms with Gasteiger partial charge in [-0.05, 0) is 19.1 Å². The van der Waals surface area contributed by atoms with Gasteiger partial charge in [0.1, 0.15) is 5.76 Å². The normalized spacial score (nSPS) is 10.6. The molecule has 0 aliphatic heterocycles. The lowest BCUT2D eigenvalue weighted by molar-refractivity contribution is 0.298. The van der Waals surface area contributed by atoms with E-state index in [1.54, 1.807) is 18.5 Å². The number of nitriles is 1. The van der Waals surface area contributed by atoms with Crippen molar-refractivity contribution < 1.29 is 4.74 Å². The molecule has 0 saturated carbocycles. The molecule has 66 valence electrons. The Morgan fingerprint density at radius 3 is 3.15 bits per heavy atom. The van der Waals surface area contributed by atoms with E-state index in [0.717, 1.165) is 5.56 Å². The van der Waals surface area contributed by atoms with Gasteiger partial charge in [0.05, 0.1) is 18.8 Å². The first-order valence-corrected chi connectivity index (χ1v) is 4.01. The molecule has 0 bridgehead atoms. The van der Waals surface area contributed by atoms with Gasteiger partial charge in [-0.2, -0.15) is 5.26 Å². The fourth-order valence-electron chi connectivity index (χ4n) is 0.931. The number of hydrogen-bond donors (Lipinski definition) is 0. The third-order valence-electron chi connectivity index (χ3n) is 1.44. The summed E-state index contributed by atoms with van der Waals surface area (Å²) >= 11 is 0. The molecule has 0 aliphatic rings. The van der Waals surface area contributed by atoms with Crippen molar-refractivity contribution in [3.63, 3.8) is 0 Å². The third-order valence-corrected chi connectivity index (χ3v) is 1.44. The smallest absolute Gasteiger partial charge is 0.138 e. The molecule has 3 nitrogen and oxygen atoms in total. The number of pyridine rings is 1. The van der Waals surface area contributed by atoms with Gasteiger partial charge in [0, 0.05) is 18.0 Å². The van der Waals surface area contributed by atoms with Crippen molar-refractivity contribution >= 4 is 5.76 Å². The Balaban J connectivity index is 2.91. The first-order chi connectivity index (χ1) is 6.38. The van der Waals surface area contributed by atoms with E-state index in [9.17, 15) is 0 Å². The highest BCUT2D eigenvalue weighted by atomic mass is 16.5. The van der Waals surface area contributed by atoms with Crippen LogP contribution >= 0.6 is 0 Å². The maximum absolute atomic E-state index is 8.50. The lowest BCUT2D eigenvalue weighted by Crippen LogP contribution is -1.91. The molecule has 1 aromatic heterocycles. The van der Waals surface area contributed by atoms with E-state index in [1.807, 2.05) is 19.1 Å². The van der Waals surface area contributed by atoms with E-state index in [0.29, 0.717) is 12.4 Å². The summed E-state index contributed by atoms with van der Waals surface area (Å²) in [5.41, 5.74) is 0.825. The van der Waals surface area contributed by atoms with Crippen LogP contribution in [0.1, 0.15) is 12.5 Å². The maximum atomic E-state index is 8.50. The minimum atomic E-state index is 0.544. The zero-order chi connectivity index (χ0) is 9.52. The topological polar surface area (TPSA) is 45.9 Å². The van der Waals surface area contributed by atoms with Gasteiger partial charge in [-0.3, -0.25) is 4.98 Å². The van der Waals surface area contributed by atoms with E-state index in [2.05, 4.69) is 4.98 Å². The number of rotatable bonds is 3. The molecule has 13 heavy (non-hydrogen) atoms. The second kappa shape index (κ2) is 4.94. The first-order valence-electron chi connectivity index (χ1n) is 4.01. The van der Waals surface area contributed by atoms with Crippen LogP contribution in [0, 0.1) is 11.3 Å². The summed E-state index contributed by atoms with van der Waals surface area (Å²) in [5.74, 6) is 0.568. The molecule has 0 aromatic carbocycles. The van der Waals surface area contributed by atoms with Crippen molar-refractivity contribution in [3.05, 3.63) is 36.2 Å². The molecule has 0 fully saturated rings. The minimum Gasteiger partial charge on any atom is -0.492 e. The van der Waals surface area contributed by atoms with E-state index in [4.69, 9.17) is 10.00 Å². The van der Waals surface area contributed by atoms with Gasteiger partial charge >= 0.3 is 0 Å². The number of ether oxygens (including phenoxy) is 1. The van der Waals surface area contributed by atoms with Crippen molar-refractivity contribution in [1.82, 2.24) is 4.98 Å². The molecule has 0 saturated heterocycles. The predicted octanol–water partition coefficient (Wildman–Crippen LogP) is 1.98. The minimum absolute atomic E-state index is 0.544. The Morgan fingerprint density at radius 2 is 2.62 bits per heavy atom. The average Bonchev–Trinajstić information content (AvgIpc) is 2.19. The highest BCUT2D eigenvalue weighted by Gasteiger charge is 2.00. The summed E-state index contributed by atoms with van der Waals surface area (Å²) in [6, 6.07) is 5.59. The fraction of sp³-hybridized carbons (Fsp3) is 0.200. The molecule has 0 N–H and O–H groups in total. The van der Waals surface area contributed by atoms with Crippen molar-refractivity contribution in [1.29, 1.82) is 5.26 Å². The summed E-state index contributed by atoms with van der Waals surface area (Å²) in [7, 11) is 0. The van der Waals surface area contributed by atoms with Gasteiger partial charge < -0.3 is 4.74 Å². The van der Waals surface area contributed by atoms with Crippen molar-refractivity contribution in [2.24, 2.45) is 0 Å². The highest BCUT2D eigenvalue weighted by molar-refractivity contribution is 5.60. The van der Waals surface area contributed by atoms with Gasteiger partial charge in [-0.25, -0.2) is 0 Å². The fourth-order valence-corrected chi connectivity index (χ4v) is 0.931. The van der Waals surface area contributed by atoms with Crippen molar-refractivity contribution in [2.45, 2.75) is 6.92 Å². The van der Waals surface area contributed by atoms with Crippen LogP contribution < -0.4 is 0 Å². The van der Waals surface area contributed by atoms with Crippen LogP contribution in [0.4, 0.5) is 0 Å². The van der Waals surface area contributed by atoms with Crippen LogP contribution in [0.3, 0.4) is 0 Å². The maximum Gasteiger partial charge on any atom is 0.138 e. The molecule has 0 amide bonds. The van der Waals surface area contributed by atoms with Gasteiger partial charge in [-0.1, -0.05) is 0 Å².